The smallest absolute Gasteiger partial charge is 0.159 e. The molecule has 0 amide bonds. The molecule has 4 aromatic rings. The van der Waals surface area contributed by atoms with Gasteiger partial charge in [0.15, 0.2) is 5.82 Å². The molecule has 3 heterocycles. The number of hydrogen-bond donors (Lipinski definition) is 0. The highest BCUT2D eigenvalue weighted by atomic mass is 35.5. The van der Waals surface area contributed by atoms with E-state index in [2.05, 4.69) is 78.9 Å². The van der Waals surface area contributed by atoms with Crippen molar-refractivity contribution >= 4 is 34.0 Å². The van der Waals surface area contributed by atoms with Gasteiger partial charge in [0.1, 0.15) is 11.5 Å². The maximum absolute atomic E-state index is 6.41. The average molecular weight is 458 g/mol. The van der Waals surface area contributed by atoms with E-state index in [4.69, 9.17) is 21.8 Å². The zero-order valence-corrected chi connectivity index (χ0v) is 20.3. The van der Waals surface area contributed by atoms with E-state index in [1.165, 1.54) is 22.3 Å². The van der Waals surface area contributed by atoms with Gasteiger partial charge < -0.3 is 9.80 Å². The third kappa shape index (κ3) is 3.91. The van der Waals surface area contributed by atoms with Crippen molar-refractivity contribution in [2.75, 3.05) is 29.4 Å². The maximum atomic E-state index is 6.41. The van der Waals surface area contributed by atoms with E-state index in [-0.39, 0.29) is 6.04 Å². The van der Waals surface area contributed by atoms with Crippen molar-refractivity contribution in [2.24, 2.45) is 0 Å². The molecule has 1 fully saturated rings. The third-order valence-electron chi connectivity index (χ3n) is 6.52. The van der Waals surface area contributed by atoms with Gasteiger partial charge >= 0.3 is 0 Å². The van der Waals surface area contributed by atoms with Crippen LogP contribution in [-0.2, 0) is 0 Å². The predicted octanol–water partition coefficient (Wildman–Crippen LogP) is 5.99. The van der Waals surface area contributed by atoms with Gasteiger partial charge in [0.2, 0.25) is 0 Å². The van der Waals surface area contributed by atoms with Gasteiger partial charge in [-0.3, -0.25) is 0 Å². The van der Waals surface area contributed by atoms with Gasteiger partial charge in [0, 0.05) is 48.2 Å². The van der Waals surface area contributed by atoms with E-state index in [0.717, 1.165) is 47.7 Å². The lowest BCUT2D eigenvalue weighted by molar-refractivity contribution is 0.542. The molecule has 1 aliphatic rings. The van der Waals surface area contributed by atoms with E-state index < -0.39 is 0 Å². The van der Waals surface area contributed by atoms with Gasteiger partial charge in [-0.15, -0.1) is 10.2 Å². The van der Waals surface area contributed by atoms with Crippen LogP contribution in [-0.4, -0.2) is 40.9 Å². The summed E-state index contributed by atoms with van der Waals surface area (Å²) in [5, 5.41) is 12.6. The number of nitrogens with zero attached hydrogens (tertiary/aromatic N) is 5. The summed E-state index contributed by atoms with van der Waals surface area (Å²) in [6, 6.07) is 16.9. The van der Waals surface area contributed by atoms with Crippen LogP contribution in [0.4, 0.5) is 11.6 Å². The number of halogens is 1. The average Bonchev–Trinajstić information content (AvgIpc) is 2.79. The van der Waals surface area contributed by atoms with Crippen molar-refractivity contribution in [2.45, 2.75) is 33.7 Å². The minimum Gasteiger partial charge on any atom is -0.352 e. The van der Waals surface area contributed by atoms with Crippen LogP contribution < -0.4 is 9.80 Å². The summed E-state index contributed by atoms with van der Waals surface area (Å²) in [5.41, 5.74) is 5.86. The number of anilines is 2. The fraction of sp³-hybridized carbons (Fsp3) is 0.296. The molecule has 0 spiro atoms. The highest BCUT2D eigenvalue weighted by molar-refractivity contribution is 6.32. The Morgan fingerprint density at radius 2 is 1.61 bits per heavy atom. The second-order valence-electron chi connectivity index (χ2n) is 8.99. The summed E-state index contributed by atoms with van der Waals surface area (Å²) in [5.74, 6) is 1.79. The van der Waals surface area contributed by atoms with Crippen LogP contribution in [0.25, 0.3) is 22.0 Å². The van der Waals surface area contributed by atoms with Crippen LogP contribution >= 0.6 is 11.6 Å². The Labute approximate surface area is 200 Å². The van der Waals surface area contributed by atoms with E-state index in [1.807, 2.05) is 12.1 Å². The summed E-state index contributed by atoms with van der Waals surface area (Å²) >= 11 is 6.41. The highest BCUT2D eigenvalue weighted by Crippen LogP contribution is 2.36. The molecule has 2 aromatic heterocycles. The Morgan fingerprint density at radius 3 is 2.30 bits per heavy atom. The normalized spacial score (nSPS) is 16.5. The topological polar surface area (TPSA) is 45.2 Å². The Bertz CT molecular complexity index is 1310. The van der Waals surface area contributed by atoms with Gasteiger partial charge in [-0.25, -0.2) is 4.98 Å². The number of piperazine rings is 1. The fourth-order valence-electron chi connectivity index (χ4n) is 5.11. The first-order valence-corrected chi connectivity index (χ1v) is 11.8. The summed E-state index contributed by atoms with van der Waals surface area (Å²) < 4.78 is 0. The van der Waals surface area contributed by atoms with Crippen molar-refractivity contribution in [3.8, 4) is 11.3 Å². The largest absolute Gasteiger partial charge is 0.352 e. The van der Waals surface area contributed by atoms with Crippen molar-refractivity contribution in [3.05, 3.63) is 76.4 Å². The van der Waals surface area contributed by atoms with Gasteiger partial charge in [-0.2, -0.15) is 0 Å². The molecular formula is C27H28ClN5. The van der Waals surface area contributed by atoms with Crippen LogP contribution in [0.5, 0.6) is 0 Å². The van der Waals surface area contributed by atoms with Crippen molar-refractivity contribution in [1.29, 1.82) is 0 Å². The van der Waals surface area contributed by atoms with Crippen LogP contribution in [0.1, 0.15) is 23.6 Å². The Morgan fingerprint density at radius 1 is 0.879 bits per heavy atom. The molecule has 6 heteroatoms. The molecule has 1 aliphatic heterocycles. The predicted molar refractivity (Wildman–Crippen MR) is 137 cm³/mol. The third-order valence-corrected chi connectivity index (χ3v) is 6.81. The molecule has 0 radical (unpaired) electrons. The second kappa shape index (κ2) is 8.64. The molecule has 5 rings (SSSR count). The first kappa shape index (κ1) is 21.7. The van der Waals surface area contributed by atoms with Crippen LogP contribution in [0, 0.1) is 20.8 Å². The molecule has 1 saturated heterocycles. The number of rotatable bonds is 3. The molecule has 0 N–H and O–H groups in total. The summed E-state index contributed by atoms with van der Waals surface area (Å²) in [6.45, 7) is 11.2. The minimum atomic E-state index is 0.239. The van der Waals surface area contributed by atoms with Crippen molar-refractivity contribution in [1.82, 2.24) is 15.2 Å². The Balaban J connectivity index is 1.53. The zero-order chi connectivity index (χ0) is 23.1. The second-order valence-corrected chi connectivity index (χ2v) is 9.40. The molecule has 0 aliphatic carbocycles. The van der Waals surface area contributed by atoms with Gasteiger partial charge in [0.05, 0.1) is 5.02 Å². The molecule has 168 valence electrons. The van der Waals surface area contributed by atoms with Crippen molar-refractivity contribution < 1.29 is 0 Å². The lowest BCUT2D eigenvalue weighted by atomic mass is 9.94. The molecule has 5 nitrogen and oxygen atoms in total. The summed E-state index contributed by atoms with van der Waals surface area (Å²) in [7, 11) is 0. The molecule has 2 aromatic carbocycles. The molecule has 0 bridgehead atoms. The van der Waals surface area contributed by atoms with Crippen molar-refractivity contribution in [3.63, 3.8) is 0 Å². The SMILES string of the molecule is Cc1cc(C)c(-c2nnc(N3CCN(c4ncccc4Cl)C[C@H]3C)c3ccccc23)c(C)c1. The number of benzene rings is 2. The first-order chi connectivity index (χ1) is 15.9. The summed E-state index contributed by atoms with van der Waals surface area (Å²) in [6.07, 6.45) is 1.80. The maximum Gasteiger partial charge on any atom is 0.159 e. The molecular weight excluding hydrogens is 430 g/mol. The number of aromatic nitrogens is 3. The fourth-order valence-corrected chi connectivity index (χ4v) is 5.36. The van der Waals surface area contributed by atoms with Gasteiger partial charge in [-0.1, -0.05) is 53.6 Å². The molecule has 0 saturated carbocycles. The van der Waals surface area contributed by atoms with Crippen LogP contribution in [0.2, 0.25) is 5.02 Å². The lowest BCUT2D eigenvalue weighted by Crippen LogP contribution is -2.52. The van der Waals surface area contributed by atoms with Crippen LogP contribution in [0.15, 0.2) is 54.7 Å². The number of aryl methyl sites for hydroxylation is 3. The minimum absolute atomic E-state index is 0.239. The molecule has 0 unspecified atom stereocenters. The zero-order valence-electron chi connectivity index (χ0n) is 19.5. The first-order valence-electron chi connectivity index (χ1n) is 11.4. The molecule has 1 atom stereocenters. The molecule has 33 heavy (non-hydrogen) atoms. The van der Waals surface area contributed by atoms with E-state index >= 15 is 0 Å². The number of fused-ring (bicyclic) bond motifs is 1. The summed E-state index contributed by atoms with van der Waals surface area (Å²) in [4.78, 5) is 9.12. The standard InChI is InChI=1S/C27H28ClN5/c1-17-14-18(2)24(19(3)15-17)25-21-8-5-6-9-22(21)26(31-30-25)33-13-12-32(16-20(33)4)27-23(28)10-7-11-29-27/h5-11,14-15,20H,12-13,16H2,1-4H3/t20-/m1/s1. The number of pyridine rings is 1. The Hall–Kier alpha value is -3.18. The lowest BCUT2D eigenvalue weighted by Gasteiger charge is -2.41. The van der Waals surface area contributed by atoms with E-state index in [0.29, 0.717) is 5.02 Å². The highest BCUT2D eigenvalue weighted by Gasteiger charge is 2.28. The van der Waals surface area contributed by atoms with Gasteiger partial charge in [0.25, 0.3) is 0 Å². The Kier molecular flexibility index (Phi) is 5.67. The number of hydrogen-bond acceptors (Lipinski definition) is 5. The van der Waals surface area contributed by atoms with Gasteiger partial charge in [-0.05, 0) is 51.0 Å². The van der Waals surface area contributed by atoms with E-state index in [1.54, 1.807) is 6.20 Å². The quantitative estimate of drug-likeness (QED) is 0.378. The van der Waals surface area contributed by atoms with E-state index in [9.17, 15) is 0 Å². The monoisotopic (exact) mass is 457 g/mol. The van der Waals surface area contributed by atoms with Crippen LogP contribution in [0.3, 0.4) is 0 Å².